The van der Waals surface area contributed by atoms with Crippen molar-refractivity contribution in [3.63, 3.8) is 0 Å². The zero-order valence-electron chi connectivity index (χ0n) is 11.6. The Morgan fingerprint density at radius 2 is 2.29 bits per heavy atom. The standard InChI is InChI=1S/C11H20N2OS.C2H6/c1-4-6-12-11(15-5-2)13-7-8-14-10(3)9-13;1-2/h5,10H,2,4,6-9H2,1,3H3;1-2H3. The minimum Gasteiger partial charge on any atom is -0.375 e. The number of ether oxygens (including phenoxy) is 1. The Bertz CT molecular complexity index is 231. The van der Waals surface area contributed by atoms with Gasteiger partial charge in [0.05, 0.1) is 12.7 Å². The normalized spacial score (nSPS) is 20.6. The highest BCUT2D eigenvalue weighted by molar-refractivity contribution is 8.16. The van der Waals surface area contributed by atoms with Gasteiger partial charge in [0.1, 0.15) is 0 Å². The van der Waals surface area contributed by atoms with E-state index in [1.165, 1.54) is 0 Å². The molecule has 0 N–H and O–H groups in total. The van der Waals surface area contributed by atoms with Crippen molar-refractivity contribution in [1.29, 1.82) is 0 Å². The van der Waals surface area contributed by atoms with E-state index >= 15 is 0 Å². The van der Waals surface area contributed by atoms with E-state index in [1.807, 2.05) is 19.3 Å². The van der Waals surface area contributed by atoms with Crippen LogP contribution in [0.25, 0.3) is 0 Å². The first-order chi connectivity index (χ1) is 8.27. The molecule has 0 radical (unpaired) electrons. The summed E-state index contributed by atoms with van der Waals surface area (Å²) in [5, 5.41) is 2.93. The molecule has 1 rings (SSSR count). The molecular weight excluding hydrogens is 232 g/mol. The van der Waals surface area contributed by atoms with Gasteiger partial charge in [-0.05, 0) is 18.8 Å². The predicted octanol–water partition coefficient (Wildman–Crippen LogP) is 3.38. The quantitative estimate of drug-likeness (QED) is 0.573. The van der Waals surface area contributed by atoms with Crippen LogP contribution in [0.15, 0.2) is 17.0 Å². The van der Waals surface area contributed by atoms with Crippen LogP contribution in [0.4, 0.5) is 0 Å². The molecule has 0 saturated carbocycles. The fraction of sp³-hybridized carbons (Fsp3) is 0.769. The monoisotopic (exact) mass is 258 g/mol. The number of aliphatic imine (C=N–C) groups is 1. The molecule has 0 aliphatic carbocycles. The zero-order chi connectivity index (χ0) is 13.1. The smallest absolute Gasteiger partial charge is 0.163 e. The first-order valence-corrected chi connectivity index (χ1v) is 7.34. The van der Waals surface area contributed by atoms with E-state index in [-0.39, 0.29) is 0 Å². The molecule has 1 heterocycles. The number of hydrogen-bond acceptors (Lipinski definition) is 3. The van der Waals surface area contributed by atoms with E-state index in [0.717, 1.165) is 37.8 Å². The van der Waals surface area contributed by atoms with Gasteiger partial charge in [-0.25, -0.2) is 0 Å². The molecule has 0 aromatic carbocycles. The SMILES string of the molecule is C=CSC(=NCCC)N1CCOC(C)C1.CC. The summed E-state index contributed by atoms with van der Waals surface area (Å²) in [6, 6.07) is 0. The molecule has 1 saturated heterocycles. The second-order valence-corrected chi connectivity index (χ2v) is 4.51. The first-order valence-electron chi connectivity index (χ1n) is 6.46. The Morgan fingerprint density at radius 3 is 2.82 bits per heavy atom. The Labute approximate surface area is 110 Å². The van der Waals surface area contributed by atoms with Crippen LogP contribution >= 0.6 is 11.8 Å². The molecule has 0 amide bonds. The van der Waals surface area contributed by atoms with Crippen LogP contribution in [-0.2, 0) is 4.74 Å². The predicted molar refractivity (Wildman–Crippen MR) is 78.7 cm³/mol. The van der Waals surface area contributed by atoms with Crippen LogP contribution in [0, 0.1) is 0 Å². The fourth-order valence-corrected chi connectivity index (χ4v) is 2.12. The van der Waals surface area contributed by atoms with Crippen molar-refractivity contribution in [3.8, 4) is 0 Å². The number of thioether (sulfide) groups is 1. The van der Waals surface area contributed by atoms with Gasteiger partial charge in [-0.1, -0.05) is 39.1 Å². The molecule has 17 heavy (non-hydrogen) atoms. The second kappa shape index (κ2) is 10.7. The molecule has 0 spiro atoms. The van der Waals surface area contributed by atoms with Crippen LogP contribution in [0.1, 0.15) is 34.1 Å². The topological polar surface area (TPSA) is 24.8 Å². The van der Waals surface area contributed by atoms with Gasteiger partial charge < -0.3 is 9.64 Å². The Kier molecular flexibility index (Phi) is 10.4. The van der Waals surface area contributed by atoms with E-state index < -0.39 is 0 Å². The van der Waals surface area contributed by atoms with Crippen molar-refractivity contribution in [2.24, 2.45) is 4.99 Å². The summed E-state index contributed by atoms with van der Waals surface area (Å²) in [6.45, 7) is 15.5. The van der Waals surface area contributed by atoms with Gasteiger partial charge in [0.25, 0.3) is 0 Å². The van der Waals surface area contributed by atoms with E-state index in [9.17, 15) is 0 Å². The zero-order valence-corrected chi connectivity index (χ0v) is 12.4. The Balaban J connectivity index is 0.00000121. The summed E-state index contributed by atoms with van der Waals surface area (Å²) in [5.74, 6) is 0. The highest BCUT2D eigenvalue weighted by atomic mass is 32.2. The third-order valence-electron chi connectivity index (χ3n) is 2.17. The Morgan fingerprint density at radius 1 is 1.59 bits per heavy atom. The highest BCUT2D eigenvalue weighted by Crippen LogP contribution is 2.14. The van der Waals surface area contributed by atoms with E-state index in [1.54, 1.807) is 11.8 Å². The molecule has 1 atom stereocenters. The van der Waals surface area contributed by atoms with Crippen molar-refractivity contribution in [1.82, 2.24) is 4.90 Å². The molecule has 0 aromatic rings. The number of nitrogens with zero attached hydrogens (tertiary/aromatic N) is 2. The van der Waals surface area contributed by atoms with Crippen molar-refractivity contribution in [2.75, 3.05) is 26.2 Å². The minimum absolute atomic E-state index is 0.302. The van der Waals surface area contributed by atoms with Crippen molar-refractivity contribution < 1.29 is 4.74 Å². The summed E-state index contributed by atoms with van der Waals surface area (Å²) in [6.07, 6.45) is 1.39. The lowest BCUT2D eigenvalue weighted by Gasteiger charge is -2.32. The molecule has 0 bridgehead atoms. The van der Waals surface area contributed by atoms with Crippen molar-refractivity contribution in [2.45, 2.75) is 40.2 Å². The lowest BCUT2D eigenvalue weighted by molar-refractivity contribution is 0.00676. The molecular formula is C13H26N2OS. The second-order valence-electron chi connectivity index (χ2n) is 3.58. The third kappa shape index (κ3) is 6.74. The van der Waals surface area contributed by atoms with E-state index in [2.05, 4.69) is 30.3 Å². The molecule has 4 heteroatoms. The number of morpholine rings is 1. The average Bonchev–Trinajstić information content (AvgIpc) is 2.37. The van der Waals surface area contributed by atoms with E-state index in [0.29, 0.717) is 6.10 Å². The third-order valence-corrected chi connectivity index (χ3v) is 2.94. The maximum atomic E-state index is 5.51. The molecule has 1 unspecified atom stereocenters. The molecule has 1 fully saturated rings. The number of amidine groups is 1. The Hall–Kier alpha value is -0.480. The summed E-state index contributed by atoms with van der Waals surface area (Å²) >= 11 is 1.61. The molecule has 0 aromatic heterocycles. The molecule has 100 valence electrons. The van der Waals surface area contributed by atoms with Gasteiger partial charge in [-0.15, -0.1) is 0 Å². The van der Waals surface area contributed by atoms with Gasteiger partial charge in [-0.2, -0.15) is 0 Å². The summed E-state index contributed by atoms with van der Waals surface area (Å²) in [5.41, 5.74) is 0. The van der Waals surface area contributed by atoms with Crippen LogP contribution in [-0.4, -0.2) is 42.4 Å². The first kappa shape index (κ1) is 16.5. The maximum absolute atomic E-state index is 5.51. The minimum atomic E-state index is 0.302. The van der Waals surface area contributed by atoms with Gasteiger partial charge in [0.15, 0.2) is 5.17 Å². The van der Waals surface area contributed by atoms with Gasteiger partial charge in [0.2, 0.25) is 0 Å². The number of hydrogen-bond donors (Lipinski definition) is 0. The molecule has 1 aliphatic rings. The van der Waals surface area contributed by atoms with Crippen LogP contribution < -0.4 is 0 Å². The molecule has 3 nitrogen and oxygen atoms in total. The summed E-state index contributed by atoms with van der Waals surface area (Å²) in [7, 11) is 0. The maximum Gasteiger partial charge on any atom is 0.163 e. The van der Waals surface area contributed by atoms with E-state index in [4.69, 9.17) is 4.74 Å². The summed E-state index contributed by atoms with van der Waals surface area (Å²) < 4.78 is 5.51. The van der Waals surface area contributed by atoms with Gasteiger partial charge in [0, 0.05) is 19.6 Å². The largest absolute Gasteiger partial charge is 0.375 e. The van der Waals surface area contributed by atoms with Crippen molar-refractivity contribution >= 4 is 16.9 Å². The van der Waals surface area contributed by atoms with Crippen LogP contribution in [0.3, 0.4) is 0 Å². The lowest BCUT2D eigenvalue weighted by atomic mass is 10.3. The fourth-order valence-electron chi connectivity index (χ4n) is 1.49. The van der Waals surface area contributed by atoms with Crippen LogP contribution in [0.2, 0.25) is 0 Å². The van der Waals surface area contributed by atoms with Gasteiger partial charge >= 0.3 is 0 Å². The molecule has 1 aliphatic heterocycles. The van der Waals surface area contributed by atoms with Crippen molar-refractivity contribution in [3.05, 3.63) is 12.0 Å². The highest BCUT2D eigenvalue weighted by Gasteiger charge is 2.19. The lowest BCUT2D eigenvalue weighted by Crippen LogP contribution is -2.43. The average molecular weight is 258 g/mol. The number of rotatable bonds is 3. The van der Waals surface area contributed by atoms with Crippen LogP contribution in [0.5, 0.6) is 0 Å². The summed E-state index contributed by atoms with van der Waals surface area (Å²) in [4.78, 5) is 6.86. The van der Waals surface area contributed by atoms with Gasteiger partial charge in [-0.3, -0.25) is 4.99 Å².